The second-order valence-electron chi connectivity index (χ2n) is 5.72. The zero-order valence-corrected chi connectivity index (χ0v) is 13.7. The van der Waals surface area contributed by atoms with Gasteiger partial charge in [-0.1, -0.05) is 6.92 Å². The molecular weight excluding hydrogens is 328 g/mol. The Labute approximate surface area is 139 Å². The maximum Gasteiger partial charge on any atom is 0.187 e. The summed E-state index contributed by atoms with van der Waals surface area (Å²) >= 11 is 0. The highest BCUT2D eigenvalue weighted by Crippen LogP contribution is 2.25. The molecule has 1 fully saturated rings. The van der Waals surface area contributed by atoms with Crippen LogP contribution in [0.15, 0.2) is 0 Å². The SMILES string of the molecule is CCC(O)C(O)C(O[C@H]1OC(CO)[C@@H](O)C(O)C1O)C(CO)OC. The fraction of sp³-hybridized carbons (Fsp3) is 1.00. The minimum atomic E-state index is -1.67. The standard InChI is InChI=1S/C14H28O10/c1-3-6(17)9(18)13(8(5-16)22-2)24-14-12(21)11(20)10(19)7(4-15)23-14/h6-21H,3-5H2,1-2H3/t6?,7?,8?,9?,10-,11?,12?,13?,14-/m1/s1. The van der Waals surface area contributed by atoms with Gasteiger partial charge in [-0.15, -0.1) is 0 Å². The Kier molecular flexibility index (Phi) is 8.95. The van der Waals surface area contributed by atoms with Crippen molar-refractivity contribution in [2.24, 2.45) is 0 Å². The van der Waals surface area contributed by atoms with Crippen molar-refractivity contribution >= 4 is 0 Å². The number of methoxy groups -OCH3 is 1. The molecule has 1 saturated heterocycles. The van der Waals surface area contributed by atoms with Gasteiger partial charge < -0.3 is 50.0 Å². The maximum atomic E-state index is 10.2. The molecule has 10 heteroatoms. The van der Waals surface area contributed by atoms with Gasteiger partial charge in [-0.3, -0.25) is 0 Å². The molecule has 144 valence electrons. The van der Waals surface area contributed by atoms with Gasteiger partial charge in [-0.05, 0) is 6.42 Å². The first kappa shape index (κ1) is 21.6. The number of hydrogen-bond donors (Lipinski definition) is 7. The summed E-state index contributed by atoms with van der Waals surface area (Å²) in [5.74, 6) is 0. The lowest BCUT2D eigenvalue weighted by molar-refractivity contribution is -0.328. The van der Waals surface area contributed by atoms with Crippen LogP contribution in [-0.4, -0.2) is 111 Å². The molecule has 1 rings (SSSR count). The highest BCUT2D eigenvalue weighted by molar-refractivity contribution is 4.91. The molecule has 0 aromatic rings. The minimum absolute atomic E-state index is 0.192. The summed E-state index contributed by atoms with van der Waals surface area (Å²) in [6.45, 7) is 0.439. The average Bonchev–Trinajstić information content (AvgIpc) is 2.60. The lowest BCUT2D eigenvalue weighted by Gasteiger charge is -2.42. The highest BCUT2D eigenvalue weighted by atomic mass is 16.7. The van der Waals surface area contributed by atoms with Crippen molar-refractivity contribution in [3.8, 4) is 0 Å². The molecule has 0 saturated carbocycles. The van der Waals surface area contributed by atoms with Gasteiger partial charge in [0.15, 0.2) is 6.29 Å². The predicted molar refractivity (Wildman–Crippen MR) is 78.8 cm³/mol. The Hall–Kier alpha value is -0.400. The Bertz CT molecular complexity index is 350. The fourth-order valence-electron chi connectivity index (χ4n) is 2.50. The molecule has 0 aliphatic carbocycles. The zero-order valence-electron chi connectivity index (χ0n) is 13.7. The van der Waals surface area contributed by atoms with Crippen LogP contribution in [0.4, 0.5) is 0 Å². The largest absolute Gasteiger partial charge is 0.394 e. The Balaban J connectivity index is 2.95. The van der Waals surface area contributed by atoms with Crippen LogP contribution >= 0.6 is 0 Å². The molecule has 1 aliphatic heterocycles. The normalized spacial score (nSPS) is 36.1. The molecular formula is C14H28O10. The van der Waals surface area contributed by atoms with Crippen LogP contribution in [0.3, 0.4) is 0 Å². The first-order chi connectivity index (χ1) is 11.3. The van der Waals surface area contributed by atoms with Crippen LogP contribution in [0.1, 0.15) is 13.3 Å². The summed E-state index contributed by atoms with van der Waals surface area (Å²) in [5.41, 5.74) is 0. The Morgan fingerprint density at radius 1 is 1.04 bits per heavy atom. The molecule has 0 spiro atoms. The van der Waals surface area contributed by atoms with Crippen molar-refractivity contribution in [1.82, 2.24) is 0 Å². The van der Waals surface area contributed by atoms with Crippen LogP contribution in [0.2, 0.25) is 0 Å². The van der Waals surface area contributed by atoms with Crippen molar-refractivity contribution < 1.29 is 50.0 Å². The van der Waals surface area contributed by atoms with Crippen molar-refractivity contribution in [3.05, 3.63) is 0 Å². The second-order valence-corrected chi connectivity index (χ2v) is 5.72. The van der Waals surface area contributed by atoms with E-state index in [1.165, 1.54) is 7.11 Å². The van der Waals surface area contributed by atoms with Gasteiger partial charge in [0.1, 0.15) is 42.7 Å². The molecule has 7 N–H and O–H groups in total. The third kappa shape index (κ3) is 4.82. The van der Waals surface area contributed by atoms with Crippen molar-refractivity contribution in [2.75, 3.05) is 20.3 Å². The van der Waals surface area contributed by atoms with Gasteiger partial charge in [0.05, 0.1) is 19.3 Å². The van der Waals surface area contributed by atoms with Crippen LogP contribution in [-0.2, 0) is 14.2 Å². The smallest absolute Gasteiger partial charge is 0.187 e. The van der Waals surface area contributed by atoms with Crippen molar-refractivity contribution in [3.63, 3.8) is 0 Å². The van der Waals surface area contributed by atoms with E-state index in [0.717, 1.165) is 0 Å². The third-order valence-corrected chi connectivity index (χ3v) is 4.14. The summed E-state index contributed by atoms with van der Waals surface area (Å²) < 4.78 is 15.6. The molecule has 0 aromatic heterocycles. The summed E-state index contributed by atoms with van der Waals surface area (Å²) in [5, 5.41) is 68.0. The maximum absolute atomic E-state index is 10.2. The number of aliphatic hydroxyl groups is 7. The molecule has 24 heavy (non-hydrogen) atoms. The first-order valence-electron chi connectivity index (χ1n) is 7.78. The van der Waals surface area contributed by atoms with Crippen molar-refractivity contribution in [2.45, 2.75) is 68.5 Å². The molecule has 1 aliphatic rings. The molecule has 0 bridgehead atoms. The number of rotatable bonds is 9. The van der Waals surface area contributed by atoms with Gasteiger partial charge in [0, 0.05) is 7.11 Å². The lowest BCUT2D eigenvalue weighted by Crippen LogP contribution is -2.61. The first-order valence-corrected chi connectivity index (χ1v) is 7.78. The van der Waals surface area contributed by atoms with E-state index in [1.807, 2.05) is 0 Å². The van der Waals surface area contributed by atoms with E-state index in [9.17, 15) is 30.6 Å². The monoisotopic (exact) mass is 356 g/mol. The second kappa shape index (κ2) is 9.92. The number of ether oxygens (including phenoxy) is 3. The van der Waals surface area contributed by atoms with E-state index in [2.05, 4.69) is 0 Å². The van der Waals surface area contributed by atoms with E-state index in [4.69, 9.17) is 19.3 Å². The summed E-state index contributed by atoms with van der Waals surface area (Å²) in [7, 11) is 1.26. The molecule has 1 heterocycles. The fourth-order valence-corrected chi connectivity index (χ4v) is 2.50. The minimum Gasteiger partial charge on any atom is -0.394 e. The van der Waals surface area contributed by atoms with Gasteiger partial charge in [0.25, 0.3) is 0 Å². The summed E-state index contributed by atoms with van der Waals surface area (Å²) in [4.78, 5) is 0. The summed E-state index contributed by atoms with van der Waals surface area (Å²) in [6.07, 6.45) is -12.4. The van der Waals surface area contributed by atoms with Gasteiger partial charge in [0.2, 0.25) is 0 Å². The molecule has 0 radical (unpaired) electrons. The highest BCUT2D eigenvalue weighted by Gasteiger charge is 2.46. The van der Waals surface area contributed by atoms with Gasteiger partial charge in [-0.2, -0.15) is 0 Å². The van der Waals surface area contributed by atoms with Crippen LogP contribution < -0.4 is 0 Å². The van der Waals surface area contributed by atoms with Gasteiger partial charge >= 0.3 is 0 Å². The Morgan fingerprint density at radius 2 is 1.67 bits per heavy atom. The Morgan fingerprint density at radius 3 is 2.12 bits per heavy atom. The van der Waals surface area contributed by atoms with Crippen LogP contribution in [0.25, 0.3) is 0 Å². The number of aliphatic hydroxyl groups excluding tert-OH is 7. The van der Waals surface area contributed by atoms with E-state index in [0.29, 0.717) is 0 Å². The van der Waals surface area contributed by atoms with E-state index in [-0.39, 0.29) is 6.42 Å². The topological polar surface area (TPSA) is 169 Å². The summed E-state index contributed by atoms with van der Waals surface area (Å²) in [6, 6.07) is 0. The third-order valence-electron chi connectivity index (χ3n) is 4.14. The van der Waals surface area contributed by atoms with E-state index >= 15 is 0 Å². The molecule has 7 unspecified atom stereocenters. The average molecular weight is 356 g/mol. The molecule has 10 nitrogen and oxygen atoms in total. The lowest BCUT2D eigenvalue weighted by atomic mass is 9.98. The molecule has 9 atom stereocenters. The zero-order chi connectivity index (χ0) is 18.4. The quantitative estimate of drug-likeness (QED) is 0.218. The van der Waals surface area contributed by atoms with Crippen LogP contribution in [0, 0.1) is 0 Å². The number of hydrogen-bond acceptors (Lipinski definition) is 10. The van der Waals surface area contributed by atoms with Crippen LogP contribution in [0.5, 0.6) is 0 Å². The van der Waals surface area contributed by atoms with Gasteiger partial charge in [-0.25, -0.2) is 0 Å². The predicted octanol–water partition coefficient (Wildman–Crippen LogP) is -3.69. The van der Waals surface area contributed by atoms with Crippen molar-refractivity contribution in [1.29, 1.82) is 0 Å². The van der Waals surface area contributed by atoms with E-state index in [1.54, 1.807) is 6.92 Å². The molecule has 0 amide bonds. The van der Waals surface area contributed by atoms with E-state index < -0.39 is 68.3 Å². The molecule has 0 aromatic carbocycles.